The van der Waals surface area contributed by atoms with Crippen molar-refractivity contribution in [3.05, 3.63) is 35.9 Å². The normalized spacial score (nSPS) is 26.0. The molecular formula is C20H28N2O10. The third kappa shape index (κ3) is 7.14. The molecule has 6 N–H and O–H groups in total. The number of benzene rings is 1. The maximum absolute atomic E-state index is 12.2. The van der Waals surface area contributed by atoms with E-state index >= 15 is 0 Å². The number of esters is 1. The minimum atomic E-state index is -1.64. The number of amides is 2. The molecule has 0 spiro atoms. The lowest BCUT2D eigenvalue weighted by Gasteiger charge is -2.40. The summed E-state index contributed by atoms with van der Waals surface area (Å²) in [6.07, 6.45) is -8.73. The Bertz CT molecular complexity index is 760. The molecule has 1 aromatic rings. The maximum atomic E-state index is 12.2. The number of hydrogen-bond acceptors (Lipinski definition) is 10. The molecule has 12 nitrogen and oxygen atoms in total. The molecule has 12 heteroatoms. The fourth-order valence-corrected chi connectivity index (χ4v) is 3.03. The van der Waals surface area contributed by atoms with Crippen LogP contribution in [-0.2, 0) is 30.4 Å². The summed E-state index contributed by atoms with van der Waals surface area (Å²) < 4.78 is 14.9. The molecule has 0 bridgehead atoms. The second-order valence-corrected chi connectivity index (χ2v) is 7.14. The first-order valence-electron chi connectivity index (χ1n) is 9.91. The Kier molecular flexibility index (Phi) is 9.81. The monoisotopic (exact) mass is 456 g/mol. The van der Waals surface area contributed by atoms with Gasteiger partial charge in [0, 0.05) is 6.42 Å². The number of rotatable bonds is 9. The molecule has 1 heterocycles. The zero-order chi connectivity index (χ0) is 23.7. The molecule has 1 aromatic carbocycles. The summed E-state index contributed by atoms with van der Waals surface area (Å²) in [5.74, 6) is -1.47. The molecule has 1 aliphatic heterocycles. The molecule has 32 heavy (non-hydrogen) atoms. The molecule has 0 saturated carbocycles. The molecule has 1 saturated heterocycles. The summed E-state index contributed by atoms with van der Waals surface area (Å²) in [7, 11) is 1.13. The van der Waals surface area contributed by atoms with Gasteiger partial charge in [0.05, 0.1) is 13.7 Å². The lowest BCUT2D eigenvalue weighted by atomic mass is 9.98. The first-order valence-corrected chi connectivity index (χ1v) is 9.91. The largest absolute Gasteiger partial charge is 0.467 e. The molecule has 6 atom stereocenters. The molecular weight excluding hydrogens is 428 g/mol. The second kappa shape index (κ2) is 12.3. The highest BCUT2D eigenvalue weighted by molar-refractivity contribution is 5.82. The van der Waals surface area contributed by atoms with Crippen molar-refractivity contribution in [2.24, 2.45) is 0 Å². The Morgan fingerprint density at radius 3 is 2.41 bits per heavy atom. The van der Waals surface area contributed by atoms with Gasteiger partial charge in [-0.1, -0.05) is 30.3 Å². The number of aliphatic hydroxyl groups is 4. The number of alkyl carbamates (subject to hydrolysis) is 1. The van der Waals surface area contributed by atoms with Crippen LogP contribution in [0.2, 0.25) is 0 Å². The van der Waals surface area contributed by atoms with Crippen molar-refractivity contribution in [1.29, 1.82) is 0 Å². The smallest absolute Gasteiger partial charge is 0.408 e. The third-order valence-corrected chi connectivity index (χ3v) is 4.85. The van der Waals surface area contributed by atoms with Gasteiger partial charge in [-0.25, -0.2) is 9.59 Å². The van der Waals surface area contributed by atoms with Crippen molar-refractivity contribution in [1.82, 2.24) is 10.6 Å². The van der Waals surface area contributed by atoms with Crippen LogP contribution in [0.4, 0.5) is 4.79 Å². The van der Waals surface area contributed by atoms with Crippen molar-refractivity contribution in [2.75, 3.05) is 13.7 Å². The van der Waals surface area contributed by atoms with Gasteiger partial charge < -0.3 is 45.3 Å². The van der Waals surface area contributed by atoms with Gasteiger partial charge in [-0.05, 0) is 12.0 Å². The average Bonchev–Trinajstić information content (AvgIpc) is 2.80. The Balaban J connectivity index is 1.86. The summed E-state index contributed by atoms with van der Waals surface area (Å²) in [6, 6.07) is 7.71. The highest BCUT2D eigenvalue weighted by atomic mass is 16.6. The van der Waals surface area contributed by atoms with E-state index in [0.717, 1.165) is 12.7 Å². The summed E-state index contributed by atoms with van der Waals surface area (Å²) in [4.78, 5) is 36.2. The average molecular weight is 456 g/mol. The van der Waals surface area contributed by atoms with E-state index in [1.54, 1.807) is 24.3 Å². The predicted molar refractivity (Wildman–Crippen MR) is 107 cm³/mol. The molecule has 178 valence electrons. The Morgan fingerprint density at radius 2 is 1.78 bits per heavy atom. The van der Waals surface area contributed by atoms with E-state index in [9.17, 15) is 34.8 Å². The van der Waals surface area contributed by atoms with Gasteiger partial charge in [0.25, 0.3) is 0 Å². The van der Waals surface area contributed by atoms with E-state index in [1.807, 2.05) is 6.07 Å². The summed E-state index contributed by atoms with van der Waals surface area (Å²) in [5.41, 5.74) is 0.746. The molecule has 0 radical (unpaired) electrons. The van der Waals surface area contributed by atoms with E-state index in [-0.39, 0.29) is 19.4 Å². The van der Waals surface area contributed by atoms with Crippen LogP contribution in [0.15, 0.2) is 30.3 Å². The molecule has 0 aromatic heterocycles. The zero-order valence-electron chi connectivity index (χ0n) is 17.4. The molecule has 1 fully saturated rings. The molecule has 2 rings (SSSR count). The summed E-state index contributed by atoms with van der Waals surface area (Å²) >= 11 is 0. The third-order valence-electron chi connectivity index (χ3n) is 4.85. The van der Waals surface area contributed by atoms with Crippen LogP contribution in [0, 0.1) is 0 Å². The Labute approximate surface area is 184 Å². The van der Waals surface area contributed by atoms with Gasteiger partial charge in [-0.15, -0.1) is 0 Å². The quantitative estimate of drug-likeness (QED) is 0.231. The van der Waals surface area contributed by atoms with Crippen LogP contribution in [0.1, 0.15) is 18.4 Å². The summed E-state index contributed by atoms with van der Waals surface area (Å²) in [6.45, 7) is -0.658. The second-order valence-electron chi connectivity index (χ2n) is 7.14. The van der Waals surface area contributed by atoms with Crippen LogP contribution in [-0.4, -0.2) is 88.8 Å². The number of carbonyl (C=O) groups excluding carboxylic acids is 3. The van der Waals surface area contributed by atoms with Crippen molar-refractivity contribution in [3.63, 3.8) is 0 Å². The summed E-state index contributed by atoms with van der Waals surface area (Å²) in [5, 5.41) is 43.3. The van der Waals surface area contributed by atoms with Crippen LogP contribution >= 0.6 is 0 Å². The molecule has 2 amide bonds. The van der Waals surface area contributed by atoms with Gasteiger partial charge >= 0.3 is 12.1 Å². The predicted octanol–water partition coefficient (Wildman–Crippen LogP) is -1.85. The molecule has 0 unspecified atom stereocenters. The van der Waals surface area contributed by atoms with Crippen LogP contribution < -0.4 is 10.6 Å². The van der Waals surface area contributed by atoms with Gasteiger partial charge in [0.1, 0.15) is 37.1 Å². The standard InChI is InChI=1S/C20H28N2O10/c1-30-19(28)12(21-20(29)31-10-11-5-3-2-4-6-11)7-8-14(24)22-18-17(27)16(26)15(25)13(9-23)32-18/h2-6,12-13,15-18,23,25-27H,7-10H2,1H3,(H,21,29)(H,22,24)/t12-,13+,15-,16-,17+,18+/m0/s1. The fourth-order valence-electron chi connectivity index (χ4n) is 3.03. The van der Waals surface area contributed by atoms with E-state index in [1.165, 1.54) is 0 Å². The van der Waals surface area contributed by atoms with Crippen molar-refractivity contribution in [3.8, 4) is 0 Å². The number of hydrogen-bond donors (Lipinski definition) is 6. The van der Waals surface area contributed by atoms with E-state index < -0.39 is 61.3 Å². The lowest BCUT2D eigenvalue weighted by molar-refractivity contribution is -0.236. The minimum absolute atomic E-state index is 0.0157. The van der Waals surface area contributed by atoms with Gasteiger partial charge in [-0.2, -0.15) is 0 Å². The van der Waals surface area contributed by atoms with Crippen molar-refractivity contribution < 1.29 is 49.0 Å². The molecule has 1 aliphatic rings. The zero-order valence-corrected chi connectivity index (χ0v) is 17.4. The van der Waals surface area contributed by atoms with Gasteiger partial charge in [-0.3, -0.25) is 4.79 Å². The van der Waals surface area contributed by atoms with Gasteiger partial charge in [0.2, 0.25) is 5.91 Å². The van der Waals surface area contributed by atoms with Crippen LogP contribution in [0.3, 0.4) is 0 Å². The Hall–Kier alpha value is -2.77. The van der Waals surface area contributed by atoms with Crippen LogP contribution in [0.25, 0.3) is 0 Å². The van der Waals surface area contributed by atoms with Crippen molar-refractivity contribution >= 4 is 18.0 Å². The van der Waals surface area contributed by atoms with E-state index in [2.05, 4.69) is 15.4 Å². The van der Waals surface area contributed by atoms with Crippen molar-refractivity contribution in [2.45, 2.75) is 56.1 Å². The number of carbonyl (C=O) groups is 3. The van der Waals surface area contributed by atoms with Gasteiger partial charge in [0.15, 0.2) is 6.23 Å². The first-order chi connectivity index (χ1) is 15.3. The highest BCUT2D eigenvalue weighted by Crippen LogP contribution is 2.20. The van der Waals surface area contributed by atoms with Crippen LogP contribution in [0.5, 0.6) is 0 Å². The number of nitrogens with one attached hydrogen (secondary N) is 2. The topological polar surface area (TPSA) is 184 Å². The number of ether oxygens (including phenoxy) is 3. The SMILES string of the molecule is COC(=O)[C@H](CCC(=O)N[C@@H]1O[C@H](CO)[C@H](O)[C@H](O)[C@H]1O)NC(=O)OCc1ccccc1. The van der Waals surface area contributed by atoms with E-state index in [4.69, 9.17) is 9.47 Å². The fraction of sp³-hybridized carbons (Fsp3) is 0.550. The number of methoxy groups -OCH3 is 1. The first kappa shape index (κ1) is 25.5. The lowest BCUT2D eigenvalue weighted by Crippen LogP contribution is -2.63. The van der Waals surface area contributed by atoms with E-state index in [0.29, 0.717) is 0 Å². The minimum Gasteiger partial charge on any atom is -0.467 e. The highest BCUT2D eigenvalue weighted by Gasteiger charge is 2.44. The molecule has 0 aliphatic carbocycles. The maximum Gasteiger partial charge on any atom is 0.408 e. The number of aliphatic hydroxyl groups excluding tert-OH is 4. The Morgan fingerprint density at radius 1 is 1.09 bits per heavy atom.